The highest BCUT2D eigenvalue weighted by Crippen LogP contribution is 2.31. The van der Waals surface area contributed by atoms with Gasteiger partial charge in [0.2, 0.25) is 0 Å². The monoisotopic (exact) mass is 221 g/mol. The van der Waals surface area contributed by atoms with Crippen molar-refractivity contribution < 1.29 is 9.47 Å². The molecule has 0 amide bonds. The van der Waals surface area contributed by atoms with Crippen LogP contribution in [0.25, 0.3) is 11.0 Å². The van der Waals surface area contributed by atoms with Crippen molar-refractivity contribution in [2.24, 2.45) is 5.73 Å². The lowest BCUT2D eigenvalue weighted by atomic mass is 10.3. The van der Waals surface area contributed by atoms with Crippen molar-refractivity contribution in [2.45, 2.75) is 13.0 Å². The number of aromatic nitrogens is 2. The molecule has 2 rings (SSSR count). The third kappa shape index (κ3) is 1.69. The van der Waals surface area contributed by atoms with Crippen LogP contribution < -0.4 is 15.2 Å². The Morgan fingerprint density at radius 1 is 1.25 bits per heavy atom. The molecule has 1 atom stereocenters. The summed E-state index contributed by atoms with van der Waals surface area (Å²) in [5.41, 5.74) is 7.48. The van der Waals surface area contributed by atoms with Gasteiger partial charge in [0.25, 0.3) is 0 Å². The van der Waals surface area contributed by atoms with Crippen LogP contribution in [0.1, 0.15) is 18.8 Å². The molecule has 0 saturated carbocycles. The normalized spacial score (nSPS) is 12.8. The van der Waals surface area contributed by atoms with Crippen LogP contribution in [0.4, 0.5) is 0 Å². The largest absolute Gasteiger partial charge is 0.493 e. The lowest BCUT2D eigenvalue weighted by Gasteiger charge is -2.06. The predicted molar refractivity (Wildman–Crippen MR) is 61.8 cm³/mol. The van der Waals surface area contributed by atoms with E-state index in [-0.39, 0.29) is 6.04 Å². The molecule has 1 aromatic heterocycles. The summed E-state index contributed by atoms with van der Waals surface area (Å²) in [7, 11) is 3.20. The van der Waals surface area contributed by atoms with Gasteiger partial charge in [-0.25, -0.2) is 4.98 Å². The second kappa shape index (κ2) is 4.02. The standard InChI is InChI=1S/C11H15N3O2/c1-6(12)11-13-7-4-9(15-2)10(16-3)5-8(7)14-11/h4-6H,12H2,1-3H3,(H,13,14)/t6-/m0/s1. The summed E-state index contributed by atoms with van der Waals surface area (Å²) < 4.78 is 10.4. The summed E-state index contributed by atoms with van der Waals surface area (Å²) in [5, 5.41) is 0. The molecule has 5 nitrogen and oxygen atoms in total. The van der Waals surface area contributed by atoms with Crippen molar-refractivity contribution in [1.29, 1.82) is 0 Å². The summed E-state index contributed by atoms with van der Waals surface area (Å²) in [4.78, 5) is 7.53. The first kappa shape index (κ1) is 10.8. The topological polar surface area (TPSA) is 73.2 Å². The number of hydrogen-bond acceptors (Lipinski definition) is 4. The number of imidazole rings is 1. The molecule has 1 heterocycles. The van der Waals surface area contributed by atoms with Crippen LogP contribution in [0.2, 0.25) is 0 Å². The highest BCUT2D eigenvalue weighted by molar-refractivity contribution is 5.79. The van der Waals surface area contributed by atoms with Crippen molar-refractivity contribution in [1.82, 2.24) is 9.97 Å². The lowest BCUT2D eigenvalue weighted by molar-refractivity contribution is 0.356. The Morgan fingerprint density at radius 3 is 2.44 bits per heavy atom. The van der Waals surface area contributed by atoms with Gasteiger partial charge in [-0.2, -0.15) is 0 Å². The summed E-state index contributed by atoms with van der Waals surface area (Å²) in [6.07, 6.45) is 0. The molecule has 0 aliphatic rings. The number of nitrogens with zero attached hydrogens (tertiary/aromatic N) is 1. The van der Waals surface area contributed by atoms with Crippen LogP contribution in [0.3, 0.4) is 0 Å². The Morgan fingerprint density at radius 2 is 1.88 bits per heavy atom. The molecule has 0 spiro atoms. The number of H-pyrrole nitrogens is 1. The summed E-state index contributed by atoms with van der Waals surface area (Å²) in [5.74, 6) is 2.10. The fourth-order valence-corrected chi connectivity index (χ4v) is 1.57. The van der Waals surface area contributed by atoms with Crippen molar-refractivity contribution >= 4 is 11.0 Å². The molecule has 2 aromatic rings. The van der Waals surface area contributed by atoms with E-state index in [9.17, 15) is 0 Å². The molecule has 86 valence electrons. The van der Waals surface area contributed by atoms with E-state index in [0.29, 0.717) is 11.5 Å². The molecule has 1 aromatic carbocycles. The maximum atomic E-state index is 5.76. The van der Waals surface area contributed by atoms with Gasteiger partial charge in [0.15, 0.2) is 11.5 Å². The van der Waals surface area contributed by atoms with Gasteiger partial charge in [-0.15, -0.1) is 0 Å². The predicted octanol–water partition coefficient (Wildman–Crippen LogP) is 1.60. The first-order valence-corrected chi connectivity index (χ1v) is 5.03. The number of benzene rings is 1. The summed E-state index contributed by atoms with van der Waals surface area (Å²) >= 11 is 0. The zero-order valence-electron chi connectivity index (χ0n) is 9.57. The zero-order chi connectivity index (χ0) is 11.7. The van der Waals surface area contributed by atoms with Gasteiger partial charge in [0, 0.05) is 12.1 Å². The molecule has 16 heavy (non-hydrogen) atoms. The van der Waals surface area contributed by atoms with Crippen molar-refractivity contribution in [2.75, 3.05) is 14.2 Å². The van der Waals surface area contributed by atoms with Gasteiger partial charge in [0.05, 0.1) is 31.3 Å². The number of rotatable bonds is 3. The maximum Gasteiger partial charge on any atom is 0.163 e. The minimum absolute atomic E-state index is 0.121. The van der Waals surface area contributed by atoms with Gasteiger partial charge in [0.1, 0.15) is 5.82 Å². The van der Waals surface area contributed by atoms with Crippen LogP contribution in [0.15, 0.2) is 12.1 Å². The van der Waals surface area contributed by atoms with E-state index in [1.807, 2.05) is 19.1 Å². The minimum Gasteiger partial charge on any atom is -0.493 e. The third-order valence-corrected chi connectivity index (χ3v) is 2.44. The van der Waals surface area contributed by atoms with Gasteiger partial charge < -0.3 is 20.2 Å². The number of methoxy groups -OCH3 is 2. The molecule has 5 heteroatoms. The van der Waals surface area contributed by atoms with E-state index < -0.39 is 0 Å². The van der Waals surface area contributed by atoms with E-state index in [1.165, 1.54) is 0 Å². The molecule has 0 bridgehead atoms. The SMILES string of the molecule is COc1cc2nc([C@H](C)N)[nH]c2cc1OC. The van der Waals surface area contributed by atoms with Crippen LogP contribution >= 0.6 is 0 Å². The van der Waals surface area contributed by atoms with Crippen molar-refractivity contribution in [3.05, 3.63) is 18.0 Å². The zero-order valence-corrected chi connectivity index (χ0v) is 9.57. The fraction of sp³-hybridized carbons (Fsp3) is 0.364. The lowest BCUT2D eigenvalue weighted by Crippen LogP contribution is -2.06. The average Bonchev–Trinajstić information content (AvgIpc) is 2.69. The number of hydrogen-bond donors (Lipinski definition) is 2. The first-order valence-electron chi connectivity index (χ1n) is 5.03. The first-order chi connectivity index (χ1) is 7.65. The van der Waals surface area contributed by atoms with E-state index in [4.69, 9.17) is 15.2 Å². The van der Waals surface area contributed by atoms with Crippen molar-refractivity contribution in [3.63, 3.8) is 0 Å². The highest BCUT2D eigenvalue weighted by atomic mass is 16.5. The van der Waals surface area contributed by atoms with Crippen LogP contribution in [-0.2, 0) is 0 Å². The van der Waals surface area contributed by atoms with Crippen LogP contribution in [-0.4, -0.2) is 24.2 Å². The molecule has 3 N–H and O–H groups in total. The third-order valence-electron chi connectivity index (χ3n) is 2.44. The number of nitrogens with two attached hydrogens (primary N) is 1. The summed E-state index contributed by atoms with van der Waals surface area (Å²) in [6.45, 7) is 1.88. The van der Waals surface area contributed by atoms with Crippen molar-refractivity contribution in [3.8, 4) is 11.5 Å². The maximum absolute atomic E-state index is 5.76. The Bertz CT molecular complexity index is 464. The Kier molecular flexibility index (Phi) is 2.70. The number of aromatic amines is 1. The van der Waals surface area contributed by atoms with Gasteiger partial charge >= 0.3 is 0 Å². The average molecular weight is 221 g/mol. The number of nitrogens with one attached hydrogen (secondary N) is 1. The molecule has 0 aliphatic heterocycles. The molecular formula is C11H15N3O2. The summed E-state index contributed by atoms with van der Waals surface area (Å²) in [6, 6.07) is 3.56. The number of ether oxygens (including phenoxy) is 2. The second-order valence-electron chi connectivity index (χ2n) is 3.64. The molecular weight excluding hydrogens is 206 g/mol. The van der Waals surface area contributed by atoms with E-state index in [2.05, 4.69) is 9.97 Å². The molecule has 0 radical (unpaired) electrons. The fourth-order valence-electron chi connectivity index (χ4n) is 1.57. The van der Waals surface area contributed by atoms with E-state index in [0.717, 1.165) is 16.9 Å². The quantitative estimate of drug-likeness (QED) is 0.825. The van der Waals surface area contributed by atoms with Gasteiger partial charge in [-0.05, 0) is 6.92 Å². The Labute approximate surface area is 93.6 Å². The van der Waals surface area contributed by atoms with Gasteiger partial charge in [-0.3, -0.25) is 0 Å². The van der Waals surface area contributed by atoms with Gasteiger partial charge in [-0.1, -0.05) is 0 Å². The van der Waals surface area contributed by atoms with E-state index >= 15 is 0 Å². The van der Waals surface area contributed by atoms with Crippen LogP contribution in [0.5, 0.6) is 11.5 Å². The number of fused-ring (bicyclic) bond motifs is 1. The minimum atomic E-state index is -0.121. The molecule has 0 unspecified atom stereocenters. The Hall–Kier alpha value is -1.75. The molecule has 0 saturated heterocycles. The smallest absolute Gasteiger partial charge is 0.163 e. The second-order valence-corrected chi connectivity index (χ2v) is 3.64. The molecule has 0 fully saturated rings. The Balaban J connectivity index is 2.60. The van der Waals surface area contributed by atoms with Crippen LogP contribution in [0, 0.1) is 0 Å². The highest BCUT2D eigenvalue weighted by Gasteiger charge is 2.11. The molecule has 0 aliphatic carbocycles. The van der Waals surface area contributed by atoms with E-state index in [1.54, 1.807) is 14.2 Å².